The Morgan fingerprint density at radius 3 is 1.45 bits per heavy atom. The lowest BCUT2D eigenvalue weighted by atomic mass is 9.41. The van der Waals surface area contributed by atoms with E-state index in [9.17, 15) is 19.8 Å². The third-order valence-electron chi connectivity index (χ3n) is 17.9. The first-order chi connectivity index (χ1) is 26.5. The zero-order valence-electron chi connectivity index (χ0n) is 34.1. The number of amides is 2. The van der Waals surface area contributed by atoms with Gasteiger partial charge in [-0.15, -0.1) is 0 Å². The van der Waals surface area contributed by atoms with Crippen molar-refractivity contribution in [2.24, 2.45) is 59.2 Å². The van der Waals surface area contributed by atoms with Crippen molar-refractivity contribution in [3.63, 3.8) is 0 Å². The largest absolute Gasteiger partial charge is 0.391 e. The fourth-order valence-electron chi connectivity index (χ4n) is 14.7. The van der Waals surface area contributed by atoms with Crippen LogP contribution in [0.5, 0.6) is 0 Å². The molecule has 0 aromatic heterocycles. The molecule has 2 aromatic carbocycles. The first kappa shape index (κ1) is 37.9. The van der Waals surface area contributed by atoms with Gasteiger partial charge in [0.15, 0.2) is 0 Å². The molecule has 2 amide bonds. The standard InChI is InChI=1S/C25H35NO2.C24H33NO2/c1-15(2)17-4-6-20(7-5-17)25(12-24(28)26-13-23(27)14-26)21-8-18-9-22(25)11-19(10-21)16(18)3;1-16-17-10-20-12-18(16)13-21(11-17)24(20,19-6-3-2-4-7-19)14-23(27)25-9-5-8-22(26)15-25/h4-7,15-16,18-19,21-23,27H,8-14H2,1-3H3;2-4,6-7,16-18,20-22,26H,5,8-15H2,1H3/t;16?,17?,18?,20?,21?,22-,24?/m.1/s1. The number of hydrogen-bond acceptors (Lipinski definition) is 4. The number of carbonyl (C=O) groups is 2. The Kier molecular flexibility index (Phi) is 10.0. The Labute approximate surface area is 330 Å². The van der Waals surface area contributed by atoms with Gasteiger partial charge in [0.25, 0.3) is 0 Å². The molecule has 2 aliphatic heterocycles. The fraction of sp³-hybridized carbons (Fsp3) is 0.714. The highest BCUT2D eigenvalue weighted by Crippen LogP contribution is 2.67. The predicted molar refractivity (Wildman–Crippen MR) is 217 cm³/mol. The Hall–Kier alpha value is -2.70. The molecule has 0 spiro atoms. The smallest absolute Gasteiger partial charge is 0.223 e. The van der Waals surface area contributed by atoms with Crippen molar-refractivity contribution in [2.45, 2.75) is 134 Å². The lowest BCUT2D eigenvalue weighted by Crippen LogP contribution is -2.61. The van der Waals surface area contributed by atoms with E-state index >= 15 is 0 Å². The van der Waals surface area contributed by atoms with E-state index in [1.165, 1.54) is 68.1 Å². The van der Waals surface area contributed by atoms with Crippen molar-refractivity contribution in [1.82, 2.24) is 9.80 Å². The second kappa shape index (κ2) is 14.6. The topological polar surface area (TPSA) is 81.1 Å². The van der Waals surface area contributed by atoms with Crippen molar-refractivity contribution in [2.75, 3.05) is 26.2 Å². The molecule has 55 heavy (non-hydrogen) atoms. The minimum Gasteiger partial charge on any atom is -0.391 e. The van der Waals surface area contributed by atoms with Crippen LogP contribution in [0, 0.1) is 59.2 Å². The van der Waals surface area contributed by atoms with E-state index in [2.05, 4.69) is 82.3 Å². The summed E-state index contributed by atoms with van der Waals surface area (Å²) in [5, 5.41) is 19.7. The number of hydrogen-bond donors (Lipinski definition) is 2. The van der Waals surface area contributed by atoms with Gasteiger partial charge >= 0.3 is 0 Å². The van der Waals surface area contributed by atoms with Gasteiger partial charge in [0.1, 0.15) is 0 Å². The second-order valence-corrected chi connectivity index (χ2v) is 20.6. The van der Waals surface area contributed by atoms with E-state index in [1.54, 1.807) is 0 Å². The van der Waals surface area contributed by atoms with Gasteiger partial charge in [0.05, 0.1) is 12.2 Å². The first-order valence-corrected chi connectivity index (χ1v) is 22.5. The zero-order chi connectivity index (χ0) is 38.2. The van der Waals surface area contributed by atoms with Crippen LogP contribution in [-0.2, 0) is 20.4 Å². The summed E-state index contributed by atoms with van der Waals surface area (Å²) in [6, 6.07) is 20.3. The van der Waals surface area contributed by atoms with E-state index in [0.29, 0.717) is 62.1 Å². The van der Waals surface area contributed by atoms with Gasteiger partial charge in [-0.05, 0) is 146 Å². The molecule has 2 saturated heterocycles. The van der Waals surface area contributed by atoms with Crippen molar-refractivity contribution in [3.8, 4) is 0 Å². The molecule has 0 unspecified atom stereocenters. The highest BCUT2D eigenvalue weighted by atomic mass is 16.3. The average Bonchev–Trinajstić information content (AvgIpc) is 3.15. The summed E-state index contributed by atoms with van der Waals surface area (Å²) in [6.45, 7) is 11.8. The molecule has 2 N–H and O–H groups in total. The normalized spacial score (nSPS) is 41.3. The van der Waals surface area contributed by atoms with Crippen LogP contribution in [0.15, 0.2) is 54.6 Å². The van der Waals surface area contributed by atoms with E-state index in [-0.39, 0.29) is 34.9 Å². The van der Waals surface area contributed by atoms with Crippen molar-refractivity contribution in [3.05, 3.63) is 71.3 Å². The third-order valence-corrected chi connectivity index (χ3v) is 17.9. The van der Waals surface area contributed by atoms with E-state index in [4.69, 9.17) is 0 Å². The van der Waals surface area contributed by atoms with Crippen LogP contribution < -0.4 is 0 Å². The fourth-order valence-corrected chi connectivity index (χ4v) is 14.7. The molecule has 2 heterocycles. The van der Waals surface area contributed by atoms with Crippen LogP contribution in [0.3, 0.4) is 0 Å². The molecular weight excluding hydrogens is 681 g/mol. The number of likely N-dealkylation sites (tertiary alicyclic amines) is 2. The van der Waals surface area contributed by atoms with Crippen LogP contribution in [0.25, 0.3) is 0 Å². The van der Waals surface area contributed by atoms with E-state index < -0.39 is 0 Å². The summed E-state index contributed by atoms with van der Waals surface area (Å²) >= 11 is 0. The number of nitrogens with zero attached hydrogens (tertiary/aromatic N) is 2. The Morgan fingerprint density at radius 2 is 1.04 bits per heavy atom. The van der Waals surface area contributed by atoms with Crippen LogP contribution in [0.4, 0.5) is 0 Å². The number of piperidine rings is 1. The van der Waals surface area contributed by atoms with Gasteiger partial charge in [0, 0.05) is 49.9 Å². The maximum absolute atomic E-state index is 13.4. The molecule has 8 bridgehead atoms. The van der Waals surface area contributed by atoms with Gasteiger partial charge in [0.2, 0.25) is 11.8 Å². The average molecular weight is 749 g/mol. The van der Waals surface area contributed by atoms with Crippen LogP contribution in [0.1, 0.15) is 127 Å². The zero-order valence-corrected chi connectivity index (χ0v) is 34.1. The van der Waals surface area contributed by atoms with Gasteiger partial charge < -0.3 is 20.0 Å². The van der Waals surface area contributed by atoms with Crippen LogP contribution in [-0.4, -0.2) is 70.2 Å². The lowest BCUT2D eigenvalue weighted by Gasteiger charge is -2.64. The van der Waals surface area contributed by atoms with Gasteiger partial charge in [-0.3, -0.25) is 9.59 Å². The van der Waals surface area contributed by atoms with Gasteiger partial charge in [-0.25, -0.2) is 0 Å². The molecular formula is C49H68N2O4. The molecule has 2 aromatic rings. The molecule has 6 heteroatoms. The number of β-amino-alcohol motifs (C(OH)–C–C–N with tert-alkyl or cyclic N) is 2. The molecule has 10 aliphatic rings. The molecule has 10 fully saturated rings. The second-order valence-electron chi connectivity index (χ2n) is 20.6. The molecule has 8 saturated carbocycles. The third kappa shape index (κ3) is 6.43. The van der Waals surface area contributed by atoms with Gasteiger partial charge in [-0.1, -0.05) is 82.3 Å². The summed E-state index contributed by atoms with van der Waals surface area (Å²) in [5.41, 5.74) is 4.23. The number of aliphatic hydroxyl groups is 2. The monoisotopic (exact) mass is 749 g/mol. The van der Waals surface area contributed by atoms with Gasteiger partial charge in [-0.2, -0.15) is 0 Å². The highest BCUT2D eigenvalue weighted by molar-refractivity contribution is 5.79. The predicted octanol–water partition coefficient (Wildman–Crippen LogP) is 8.34. The maximum Gasteiger partial charge on any atom is 0.223 e. The van der Waals surface area contributed by atoms with Crippen molar-refractivity contribution in [1.29, 1.82) is 0 Å². The van der Waals surface area contributed by atoms with Crippen molar-refractivity contribution >= 4 is 11.8 Å². The minimum absolute atomic E-state index is 0.0142. The minimum atomic E-state index is -0.338. The Bertz CT molecular complexity index is 1640. The molecule has 1 atom stereocenters. The number of aliphatic hydroxyl groups excluding tert-OH is 2. The van der Waals surface area contributed by atoms with E-state index in [1.807, 2.05) is 9.80 Å². The molecule has 6 nitrogen and oxygen atoms in total. The summed E-state index contributed by atoms with van der Waals surface area (Å²) in [7, 11) is 0. The summed E-state index contributed by atoms with van der Waals surface area (Å²) in [6.07, 6.45) is 12.8. The number of carbonyl (C=O) groups excluding carboxylic acids is 2. The van der Waals surface area contributed by atoms with Crippen LogP contribution >= 0.6 is 0 Å². The first-order valence-electron chi connectivity index (χ1n) is 22.5. The van der Waals surface area contributed by atoms with E-state index in [0.717, 1.165) is 54.9 Å². The summed E-state index contributed by atoms with van der Waals surface area (Å²) < 4.78 is 0. The number of benzene rings is 2. The molecule has 12 rings (SSSR count). The Balaban J connectivity index is 0.000000144. The van der Waals surface area contributed by atoms with Crippen LogP contribution in [0.2, 0.25) is 0 Å². The Morgan fingerprint density at radius 1 is 0.618 bits per heavy atom. The van der Waals surface area contributed by atoms with Crippen molar-refractivity contribution < 1.29 is 19.8 Å². The number of rotatable bonds is 7. The quantitative estimate of drug-likeness (QED) is 0.299. The molecule has 8 aliphatic carbocycles. The highest BCUT2D eigenvalue weighted by Gasteiger charge is 2.62. The summed E-state index contributed by atoms with van der Waals surface area (Å²) in [4.78, 5) is 30.4. The molecule has 0 radical (unpaired) electrons. The maximum atomic E-state index is 13.4. The lowest BCUT2D eigenvalue weighted by molar-refractivity contribution is -0.151. The SMILES string of the molecule is CC(C)c1ccc(C2(CC(=O)N3CC(O)C3)C3CC4CC2CC(C3)C4C)cc1.CC1C2CC3CC1CC(C2)C3(CC(=O)N1CCC[C@@H](O)C1)c1ccccc1. The summed E-state index contributed by atoms with van der Waals surface area (Å²) in [5.74, 6) is 8.89. The molecule has 298 valence electrons.